The summed E-state index contributed by atoms with van der Waals surface area (Å²) >= 11 is 0. The Morgan fingerprint density at radius 1 is 0.644 bits per heavy atom. The fraction of sp³-hybridized carbons (Fsp3) is 0.368. The Morgan fingerprint density at radius 3 is 1.60 bits per heavy atom. The zero-order valence-electron chi connectivity index (χ0n) is 41.9. The van der Waals surface area contributed by atoms with E-state index in [-0.39, 0.29) is 53.4 Å². The lowest BCUT2D eigenvalue weighted by molar-refractivity contribution is -0.155. The number of rotatable bonds is 15. The molecule has 2 N–H and O–H groups in total. The first kappa shape index (κ1) is 50.2. The molecule has 6 aromatic rings. The van der Waals surface area contributed by atoms with Crippen LogP contribution in [0, 0.1) is 5.92 Å². The van der Waals surface area contributed by atoms with Crippen LogP contribution in [0.5, 0.6) is 11.5 Å². The summed E-state index contributed by atoms with van der Waals surface area (Å²) in [4.78, 5) is 86.3. The number of ether oxygens (including phenoxy) is 3. The van der Waals surface area contributed by atoms with Gasteiger partial charge in [0.05, 0.1) is 30.4 Å². The van der Waals surface area contributed by atoms with Crippen molar-refractivity contribution in [1.29, 1.82) is 0 Å². The predicted octanol–water partition coefficient (Wildman–Crippen LogP) is 7.38. The van der Waals surface area contributed by atoms with Crippen LogP contribution in [-0.2, 0) is 14.3 Å². The number of hydrogen-bond donors (Lipinski definition) is 1. The number of esters is 2. The molecule has 0 radical (unpaired) electrons. The van der Waals surface area contributed by atoms with Crippen molar-refractivity contribution in [2.45, 2.75) is 108 Å². The van der Waals surface area contributed by atoms with E-state index in [1.54, 1.807) is 19.2 Å². The minimum Gasteiger partial charge on any atom is -0.451 e. The molecule has 0 spiro atoms. The van der Waals surface area contributed by atoms with Gasteiger partial charge in [-0.1, -0.05) is 115 Å². The summed E-state index contributed by atoms with van der Waals surface area (Å²) in [5, 5.41) is 9.13. The standard InChI is InChI=1S/C57H61N7O9/c1-34(2)61-32-44(63-49(53(61)67)51(45(65)29-59-63)71-33-72-56(70)57(5,6)58)48(38-21-14-9-15-22-38)41-24-16-23-39(27-41)40-25-26-42(28-40)55(69)73-52-46(66)30-60-64-43(31-62(35(3)4)54(68)50(52)64)47(36-17-10-7-11-18-36)37-19-12-8-13-20-37/h7-24,27,29-30,34-35,40,42-44,47-48H,25-26,28,31-33,58H2,1-6H3. The van der Waals surface area contributed by atoms with Gasteiger partial charge in [0.1, 0.15) is 5.54 Å². The topological polar surface area (TPSA) is 198 Å². The molecule has 5 atom stereocenters. The van der Waals surface area contributed by atoms with Crippen molar-refractivity contribution < 1.29 is 33.4 Å². The summed E-state index contributed by atoms with van der Waals surface area (Å²) in [6, 6.07) is 36.5. The minimum absolute atomic E-state index is 0.0459. The van der Waals surface area contributed by atoms with E-state index in [0.29, 0.717) is 25.8 Å². The second-order valence-corrected chi connectivity index (χ2v) is 20.4. The summed E-state index contributed by atoms with van der Waals surface area (Å²) in [6.45, 7) is 10.5. The number of aromatic nitrogens is 4. The van der Waals surface area contributed by atoms with Gasteiger partial charge in [-0.3, -0.25) is 33.3 Å². The van der Waals surface area contributed by atoms with Gasteiger partial charge in [0.25, 0.3) is 11.8 Å². The molecule has 1 aliphatic carbocycles. The molecule has 16 heteroatoms. The van der Waals surface area contributed by atoms with Crippen LogP contribution in [0.1, 0.15) is 139 Å². The second kappa shape index (κ2) is 20.8. The first-order valence-corrected chi connectivity index (χ1v) is 24.9. The zero-order chi connectivity index (χ0) is 51.7. The summed E-state index contributed by atoms with van der Waals surface area (Å²) < 4.78 is 20.3. The van der Waals surface area contributed by atoms with E-state index in [1.807, 2.05) is 137 Å². The monoisotopic (exact) mass is 987 g/mol. The van der Waals surface area contributed by atoms with Crippen LogP contribution in [0.2, 0.25) is 0 Å². The van der Waals surface area contributed by atoms with Crippen LogP contribution < -0.4 is 26.1 Å². The first-order valence-electron chi connectivity index (χ1n) is 24.9. The van der Waals surface area contributed by atoms with Crippen molar-refractivity contribution in [3.05, 3.63) is 187 Å². The van der Waals surface area contributed by atoms with Gasteiger partial charge in [0.2, 0.25) is 29.1 Å². The smallest absolute Gasteiger partial charge is 0.328 e. The van der Waals surface area contributed by atoms with Crippen LogP contribution in [0.4, 0.5) is 0 Å². The third kappa shape index (κ3) is 10.1. The maximum Gasteiger partial charge on any atom is 0.328 e. The van der Waals surface area contributed by atoms with Crippen molar-refractivity contribution in [3.63, 3.8) is 0 Å². The van der Waals surface area contributed by atoms with Gasteiger partial charge < -0.3 is 29.7 Å². The quantitative estimate of drug-likeness (QED) is 0.0793. The van der Waals surface area contributed by atoms with Crippen molar-refractivity contribution in [1.82, 2.24) is 29.4 Å². The molecule has 16 nitrogen and oxygen atoms in total. The molecule has 0 saturated heterocycles. The second-order valence-electron chi connectivity index (χ2n) is 20.4. The maximum absolute atomic E-state index is 14.4. The molecule has 0 bridgehead atoms. The van der Waals surface area contributed by atoms with E-state index < -0.39 is 70.9 Å². The lowest BCUT2D eigenvalue weighted by Gasteiger charge is -2.41. The maximum atomic E-state index is 14.4. The third-order valence-corrected chi connectivity index (χ3v) is 14.4. The van der Waals surface area contributed by atoms with Crippen LogP contribution in [0.25, 0.3) is 0 Å². The Hall–Kier alpha value is -7.72. The van der Waals surface area contributed by atoms with Crippen molar-refractivity contribution in [2.75, 3.05) is 19.9 Å². The summed E-state index contributed by atoms with van der Waals surface area (Å²) in [6.07, 6.45) is 3.82. The highest BCUT2D eigenvalue weighted by Crippen LogP contribution is 2.45. The Balaban J connectivity index is 1.02. The lowest BCUT2D eigenvalue weighted by atomic mass is 9.82. The number of hydrogen-bond acceptors (Lipinski definition) is 12. The third-order valence-electron chi connectivity index (χ3n) is 14.4. The Morgan fingerprint density at radius 2 is 1.11 bits per heavy atom. The number of nitrogens with zero attached hydrogens (tertiary/aromatic N) is 6. The molecule has 2 aromatic heterocycles. The van der Waals surface area contributed by atoms with Gasteiger partial charge in [-0.2, -0.15) is 10.2 Å². The fourth-order valence-electron chi connectivity index (χ4n) is 10.7. The van der Waals surface area contributed by atoms with Gasteiger partial charge in [-0.25, -0.2) is 4.79 Å². The summed E-state index contributed by atoms with van der Waals surface area (Å²) in [5.41, 5.74) is 8.03. The highest BCUT2D eigenvalue weighted by atomic mass is 16.7. The number of fused-ring (bicyclic) bond motifs is 2. The van der Waals surface area contributed by atoms with E-state index in [2.05, 4.69) is 16.3 Å². The Labute approximate surface area is 423 Å². The number of benzene rings is 4. The molecule has 1 fully saturated rings. The van der Waals surface area contributed by atoms with E-state index in [1.165, 1.54) is 13.8 Å². The predicted molar refractivity (Wildman–Crippen MR) is 272 cm³/mol. The highest BCUT2D eigenvalue weighted by Gasteiger charge is 2.44. The van der Waals surface area contributed by atoms with Crippen molar-refractivity contribution >= 4 is 23.8 Å². The lowest BCUT2D eigenvalue weighted by Crippen LogP contribution is -2.50. The van der Waals surface area contributed by atoms with Crippen LogP contribution in [0.3, 0.4) is 0 Å². The van der Waals surface area contributed by atoms with E-state index in [4.69, 9.17) is 19.9 Å². The molecule has 2 amide bonds. The Kier molecular flexibility index (Phi) is 14.3. The average Bonchev–Trinajstić information content (AvgIpc) is 3.88. The largest absolute Gasteiger partial charge is 0.451 e. The highest BCUT2D eigenvalue weighted by molar-refractivity contribution is 5.97. The first-order chi connectivity index (χ1) is 35.0. The van der Waals surface area contributed by atoms with Crippen LogP contribution >= 0.6 is 0 Å². The molecule has 9 rings (SSSR count). The molecule has 378 valence electrons. The molecular weight excluding hydrogens is 927 g/mol. The normalized spacial score (nSPS) is 19.2. The molecule has 2 aliphatic heterocycles. The number of carbonyl (C=O) groups is 4. The number of amides is 2. The molecular formula is C57H61N7O9. The minimum atomic E-state index is -1.31. The number of carbonyl (C=O) groups excluding carboxylic acids is 4. The van der Waals surface area contributed by atoms with Crippen molar-refractivity contribution in [3.8, 4) is 11.5 Å². The zero-order valence-corrected chi connectivity index (χ0v) is 41.9. The van der Waals surface area contributed by atoms with E-state index in [9.17, 15) is 28.8 Å². The number of nitrogens with two attached hydrogens (primary N) is 1. The van der Waals surface area contributed by atoms with E-state index >= 15 is 0 Å². The van der Waals surface area contributed by atoms with E-state index in [0.717, 1.165) is 40.2 Å². The van der Waals surface area contributed by atoms with Gasteiger partial charge in [0.15, 0.2) is 11.4 Å². The van der Waals surface area contributed by atoms with Gasteiger partial charge in [-0.15, -0.1) is 0 Å². The average molecular weight is 988 g/mol. The molecule has 1 saturated carbocycles. The summed E-state index contributed by atoms with van der Waals surface area (Å²) in [5.74, 6) is -4.14. The fourth-order valence-corrected chi connectivity index (χ4v) is 10.7. The molecule has 4 heterocycles. The van der Waals surface area contributed by atoms with Crippen LogP contribution in [0.15, 0.2) is 137 Å². The van der Waals surface area contributed by atoms with Gasteiger partial charge in [0, 0.05) is 37.0 Å². The van der Waals surface area contributed by atoms with Crippen molar-refractivity contribution in [2.24, 2.45) is 11.7 Å². The molecule has 4 aromatic carbocycles. The van der Waals surface area contributed by atoms with Gasteiger partial charge >= 0.3 is 11.9 Å². The van der Waals surface area contributed by atoms with Crippen LogP contribution in [-0.4, -0.2) is 90.6 Å². The SMILES string of the molecule is CC(C)N1CC(C(c2ccccc2)c2cccc(C3CCC(C(=O)Oc4c5n(ncc4=O)C(C(c4ccccc4)c4ccccc4)CN(C(C)C)C5=O)C3)c2)n2ncc(=O)c(OCOC(=O)C(C)(C)N)c2C1=O. The molecule has 3 aliphatic rings. The summed E-state index contributed by atoms with van der Waals surface area (Å²) in [7, 11) is 0. The van der Waals surface area contributed by atoms with Gasteiger partial charge in [-0.05, 0) is 94.5 Å². The molecule has 5 unspecified atom stereocenters. The molecule has 73 heavy (non-hydrogen) atoms. The Bertz CT molecular complexity index is 3090.